The van der Waals surface area contributed by atoms with Crippen molar-refractivity contribution in [3.05, 3.63) is 77.7 Å². The third-order valence-corrected chi connectivity index (χ3v) is 10.5. The van der Waals surface area contributed by atoms with Crippen LogP contribution in [0.3, 0.4) is 0 Å². The zero-order valence-corrected chi connectivity index (χ0v) is 37.4. The molecular weight excluding hydrogens is 809 g/mol. The molecule has 3 fully saturated rings. The van der Waals surface area contributed by atoms with Crippen LogP contribution in [0.4, 0.5) is 17.6 Å². The Morgan fingerprint density at radius 1 is 0.627 bits per heavy atom. The minimum Gasteiger partial charge on any atom is -0.553 e. The Balaban J connectivity index is 0. The van der Waals surface area contributed by atoms with Crippen LogP contribution in [0.5, 0.6) is 0 Å². The van der Waals surface area contributed by atoms with E-state index < -0.39 is 18.8 Å². The number of nitrogens with one attached hydrogen (secondary N) is 1. The Morgan fingerprint density at radius 3 is 1.22 bits per heavy atom. The maximum Gasteiger partial charge on any atom is 1.00 e. The monoisotopic (exact) mass is 871 g/mol. The van der Waals surface area contributed by atoms with E-state index in [4.69, 9.17) is 30.8 Å². The molecule has 59 heavy (non-hydrogen) atoms. The summed E-state index contributed by atoms with van der Waals surface area (Å²) in [5, 5.41) is 21.9. The van der Waals surface area contributed by atoms with Gasteiger partial charge in [0.1, 0.15) is 19.5 Å². The molecule has 330 valence electrons. The number of hydrogen-bond donors (Lipinski definition) is 3. The number of aliphatic hydroxyl groups excluding tert-OH is 1. The minimum atomic E-state index is -2.24. The summed E-state index contributed by atoms with van der Waals surface area (Å²) in [5.41, 5.74) is 1.98. The summed E-state index contributed by atoms with van der Waals surface area (Å²) >= 11 is 4.64. The molecule has 0 heterocycles. The van der Waals surface area contributed by atoms with Crippen LogP contribution in [-0.4, -0.2) is 66.0 Å². The molecule has 0 radical (unpaired) electrons. The van der Waals surface area contributed by atoms with Crippen LogP contribution in [0, 0.1) is 35.5 Å². The van der Waals surface area contributed by atoms with Gasteiger partial charge in [0, 0.05) is 32.8 Å². The number of rotatable bonds is 13. The molecule has 16 heteroatoms. The first-order chi connectivity index (χ1) is 28.0. The molecule has 3 aliphatic carbocycles. The second-order valence-corrected chi connectivity index (χ2v) is 14.3. The largest absolute Gasteiger partial charge is 1.00 e. The average Bonchev–Trinajstić information content (AvgIpc) is 3.26. The second kappa shape index (κ2) is 37.2. The summed E-state index contributed by atoms with van der Waals surface area (Å²) in [6.07, 6.45) is 7.30. The SMILES string of the molecule is CCl.CO.O=C(O)C1CCC(CC(F)F)CC1.O=C(OCc1ccccc1)C1CCC(CC(F)F)CC1.O=CCC1CCC(C(=O)OCc2ccccc2)CC1.[NH-]O.[Na+]. The van der Waals surface area contributed by atoms with Crippen LogP contribution in [0.2, 0.25) is 0 Å². The van der Waals surface area contributed by atoms with Crippen LogP contribution < -0.4 is 29.6 Å². The molecule has 2 aromatic carbocycles. The van der Waals surface area contributed by atoms with Gasteiger partial charge in [-0.3, -0.25) is 14.4 Å². The zero-order chi connectivity index (χ0) is 43.7. The van der Waals surface area contributed by atoms with E-state index in [1.54, 1.807) is 0 Å². The van der Waals surface area contributed by atoms with Gasteiger partial charge in [0.05, 0.1) is 17.8 Å². The Bertz CT molecular complexity index is 1330. The molecule has 0 spiro atoms. The average molecular weight is 872 g/mol. The standard InChI is InChI=1S/C16H20F2O2.C16H20O3.C9H14F2O2.CH3Cl.CH4O.H2NO.Na/c17-15(18)10-12-6-8-14(9-7-12)16(19)20-11-13-4-2-1-3-5-13;17-11-10-13-6-8-15(9-7-13)16(18)19-12-14-4-2-1-3-5-14;10-8(11)5-6-1-3-7(4-2-6)9(12)13;3*1-2;/h1-5,12,14-15H,6-11H2;1-5,11,13,15H,6-10,12H2;6-8H,1-5H2,(H,12,13);1H3;2H,1H3;1-2H;/q;;;;;-1;+1. The molecule has 5 rings (SSSR count). The van der Waals surface area contributed by atoms with Gasteiger partial charge in [0.25, 0.3) is 0 Å². The smallest absolute Gasteiger partial charge is 0.553 e. The Morgan fingerprint density at radius 2 is 0.932 bits per heavy atom. The molecular formula is C43H63ClF4NNaO9. The van der Waals surface area contributed by atoms with Gasteiger partial charge < -0.3 is 35.6 Å². The molecule has 10 nitrogen and oxygen atoms in total. The van der Waals surface area contributed by atoms with Crippen molar-refractivity contribution in [3.63, 3.8) is 0 Å². The summed E-state index contributed by atoms with van der Waals surface area (Å²) in [7, 11) is 1.00. The number of carboxylic acid groups (broad SMARTS) is 1. The number of benzene rings is 2. The molecule has 0 atom stereocenters. The number of esters is 2. The quantitative estimate of drug-likeness (QED) is 0.0455. The van der Waals surface area contributed by atoms with Gasteiger partial charge in [-0.2, -0.15) is 0 Å². The van der Waals surface area contributed by atoms with Crippen LogP contribution in [0.15, 0.2) is 60.7 Å². The third-order valence-electron chi connectivity index (χ3n) is 10.5. The van der Waals surface area contributed by atoms with Crippen molar-refractivity contribution in [3.8, 4) is 0 Å². The van der Waals surface area contributed by atoms with Gasteiger partial charge in [-0.05, 0) is 106 Å². The molecule has 0 bridgehead atoms. The number of carboxylic acids is 1. The molecule has 3 aliphatic rings. The number of halogens is 5. The normalized spacial score (nSPS) is 21.8. The number of aldehydes is 1. The molecule has 0 unspecified atom stereocenters. The van der Waals surface area contributed by atoms with Gasteiger partial charge >= 0.3 is 47.5 Å². The topological polar surface area (TPSA) is 171 Å². The van der Waals surface area contributed by atoms with Crippen LogP contribution in [0.25, 0.3) is 5.90 Å². The van der Waals surface area contributed by atoms with Crippen molar-refractivity contribution in [2.24, 2.45) is 35.5 Å². The fourth-order valence-electron chi connectivity index (χ4n) is 7.25. The molecule has 0 amide bonds. The van der Waals surface area contributed by atoms with Gasteiger partial charge in [-0.15, -0.1) is 11.6 Å². The summed E-state index contributed by atoms with van der Waals surface area (Å²) in [6.45, 7) is 0.643. The van der Waals surface area contributed by atoms with Crippen LogP contribution in [-0.2, 0) is 41.9 Å². The first kappa shape index (κ1) is 58.5. The van der Waals surface area contributed by atoms with E-state index in [9.17, 15) is 36.7 Å². The van der Waals surface area contributed by atoms with E-state index in [1.165, 1.54) is 6.38 Å². The number of aliphatic carboxylic acids is 1. The van der Waals surface area contributed by atoms with E-state index in [0.717, 1.165) is 50.2 Å². The maximum absolute atomic E-state index is 12.3. The summed E-state index contributed by atoms with van der Waals surface area (Å²) in [6, 6.07) is 19.3. The summed E-state index contributed by atoms with van der Waals surface area (Å²) in [4.78, 5) is 44.9. The fraction of sp³-hybridized carbons (Fsp3) is 0.628. The second-order valence-electron chi connectivity index (χ2n) is 14.3. The van der Waals surface area contributed by atoms with Crippen molar-refractivity contribution < 1.29 is 91.2 Å². The van der Waals surface area contributed by atoms with E-state index in [2.05, 4.69) is 11.6 Å². The number of alkyl halides is 5. The Labute approximate surface area is 374 Å². The maximum atomic E-state index is 12.3. The molecule has 4 N–H and O–H groups in total. The van der Waals surface area contributed by atoms with Crippen molar-refractivity contribution in [1.82, 2.24) is 0 Å². The zero-order valence-electron chi connectivity index (χ0n) is 34.7. The van der Waals surface area contributed by atoms with Gasteiger partial charge in [-0.1, -0.05) is 60.7 Å². The number of hydrogen-bond acceptors (Lipinski definition) is 8. The molecule has 0 aliphatic heterocycles. The predicted molar refractivity (Wildman–Crippen MR) is 214 cm³/mol. The Hall–Kier alpha value is -2.59. The van der Waals surface area contributed by atoms with E-state index >= 15 is 0 Å². The molecule has 0 saturated heterocycles. The predicted octanol–water partition coefficient (Wildman–Crippen LogP) is 7.74. The van der Waals surface area contributed by atoms with Crippen LogP contribution in [0.1, 0.15) is 107 Å². The first-order valence-corrected chi connectivity index (χ1v) is 20.5. The van der Waals surface area contributed by atoms with E-state index in [0.29, 0.717) is 70.3 Å². The molecule has 2 aromatic rings. The first-order valence-electron chi connectivity index (χ1n) is 19.7. The number of carbonyl (C=O) groups excluding carboxylic acids is 3. The van der Waals surface area contributed by atoms with E-state index in [1.807, 2.05) is 60.7 Å². The Kier molecular flexibility index (Phi) is 36.9. The minimum absolute atomic E-state index is 0. The van der Waals surface area contributed by atoms with Crippen molar-refractivity contribution in [2.75, 3.05) is 13.5 Å². The van der Waals surface area contributed by atoms with Crippen molar-refractivity contribution in [1.29, 1.82) is 0 Å². The molecule has 0 aromatic heterocycles. The van der Waals surface area contributed by atoms with Gasteiger partial charge in [0.15, 0.2) is 0 Å². The third kappa shape index (κ3) is 27.1. The van der Waals surface area contributed by atoms with Crippen molar-refractivity contribution >= 4 is 35.8 Å². The van der Waals surface area contributed by atoms with Gasteiger partial charge in [0.2, 0.25) is 12.9 Å². The van der Waals surface area contributed by atoms with Crippen LogP contribution >= 0.6 is 11.6 Å². The van der Waals surface area contributed by atoms with E-state index in [-0.39, 0.29) is 90.5 Å². The summed E-state index contributed by atoms with van der Waals surface area (Å²) < 4.78 is 59.2. The number of ether oxygens (including phenoxy) is 2. The van der Waals surface area contributed by atoms with Gasteiger partial charge in [-0.25, -0.2) is 17.6 Å². The number of aliphatic hydroxyl groups is 1. The van der Waals surface area contributed by atoms with Crippen molar-refractivity contribution in [2.45, 2.75) is 122 Å². The summed E-state index contributed by atoms with van der Waals surface area (Å²) in [5.74, 6) is 3.86. The molecule has 3 saturated carbocycles. The number of carbonyl (C=O) groups is 4. The fourth-order valence-corrected chi connectivity index (χ4v) is 7.25.